The number of rotatable bonds is 4. The first-order valence-electron chi connectivity index (χ1n) is 7.51. The lowest BCUT2D eigenvalue weighted by atomic mass is 9.85. The van der Waals surface area contributed by atoms with Gasteiger partial charge in [0.2, 0.25) is 0 Å². The van der Waals surface area contributed by atoms with Gasteiger partial charge in [-0.2, -0.15) is 0 Å². The van der Waals surface area contributed by atoms with Crippen LogP contribution in [0.3, 0.4) is 0 Å². The van der Waals surface area contributed by atoms with Gasteiger partial charge in [0.05, 0.1) is 0 Å². The Hall–Kier alpha value is -2.84. The number of phenolic OH excluding ortho intramolecular Hbond substituents is 1. The van der Waals surface area contributed by atoms with Crippen molar-refractivity contribution in [3.8, 4) is 5.75 Å². The van der Waals surface area contributed by atoms with E-state index in [4.69, 9.17) is 0 Å². The van der Waals surface area contributed by atoms with Crippen molar-refractivity contribution in [2.45, 2.75) is 5.60 Å². The van der Waals surface area contributed by atoms with Crippen molar-refractivity contribution in [1.82, 2.24) is 0 Å². The summed E-state index contributed by atoms with van der Waals surface area (Å²) >= 11 is 0. The number of aromatic hydroxyl groups is 1. The van der Waals surface area contributed by atoms with Crippen molar-refractivity contribution in [2.24, 2.45) is 0 Å². The van der Waals surface area contributed by atoms with Crippen LogP contribution in [-0.4, -0.2) is 10.2 Å². The second kappa shape index (κ2) is 6.51. The third kappa shape index (κ3) is 3.17. The second-order valence-corrected chi connectivity index (χ2v) is 5.39. The summed E-state index contributed by atoms with van der Waals surface area (Å²) in [6, 6.07) is 26.0. The molecule has 2 nitrogen and oxygen atoms in total. The minimum absolute atomic E-state index is 0.0663. The molecule has 1 unspecified atom stereocenters. The van der Waals surface area contributed by atoms with E-state index in [0.717, 1.165) is 5.56 Å². The number of hydrogen-bond acceptors (Lipinski definition) is 2. The Balaban J connectivity index is 2.11. The third-order valence-corrected chi connectivity index (χ3v) is 3.85. The van der Waals surface area contributed by atoms with Crippen LogP contribution in [0.15, 0.2) is 91.0 Å². The fourth-order valence-corrected chi connectivity index (χ4v) is 2.61. The summed E-state index contributed by atoms with van der Waals surface area (Å²) in [7, 11) is 0. The van der Waals surface area contributed by atoms with E-state index < -0.39 is 5.60 Å². The van der Waals surface area contributed by atoms with Crippen LogP contribution < -0.4 is 0 Å². The summed E-state index contributed by atoms with van der Waals surface area (Å²) in [5, 5.41) is 21.6. The Morgan fingerprint density at radius 3 is 1.91 bits per heavy atom. The van der Waals surface area contributed by atoms with Crippen molar-refractivity contribution in [3.63, 3.8) is 0 Å². The van der Waals surface area contributed by atoms with E-state index in [1.807, 2.05) is 66.7 Å². The van der Waals surface area contributed by atoms with Gasteiger partial charge in [0.15, 0.2) is 0 Å². The fraction of sp³-hybridized carbons (Fsp3) is 0.0476. The molecule has 0 amide bonds. The Morgan fingerprint density at radius 1 is 0.696 bits per heavy atom. The van der Waals surface area contributed by atoms with Crippen molar-refractivity contribution in [3.05, 3.63) is 108 Å². The number of benzene rings is 3. The first-order valence-corrected chi connectivity index (χ1v) is 7.51. The minimum atomic E-state index is -1.40. The summed E-state index contributed by atoms with van der Waals surface area (Å²) in [6.07, 6.45) is 3.58. The lowest BCUT2D eigenvalue weighted by molar-refractivity contribution is 0.132. The highest BCUT2D eigenvalue weighted by Gasteiger charge is 2.30. The lowest BCUT2D eigenvalue weighted by Gasteiger charge is -2.26. The van der Waals surface area contributed by atoms with E-state index in [1.165, 1.54) is 0 Å². The number of phenols is 1. The standard InChI is InChI=1S/C21H18O2/c22-20-14-8-7-13-19(20)21(23,18-11-5-2-6-12-18)16-15-17-9-3-1-4-10-17/h1-16,22-23H/b16-15+. The van der Waals surface area contributed by atoms with Gasteiger partial charge >= 0.3 is 0 Å². The molecule has 0 saturated heterocycles. The highest BCUT2D eigenvalue weighted by Crippen LogP contribution is 2.36. The zero-order valence-corrected chi connectivity index (χ0v) is 12.6. The first kappa shape index (κ1) is 15.1. The quantitative estimate of drug-likeness (QED) is 0.752. The van der Waals surface area contributed by atoms with Gasteiger partial charge in [0.1, 0.15) is 11.4 Å². The Bertz CT molecular complexity index is 794. The molecule has 0 aliphatic rings. The van der Waals surface area contributed by atoms with Crippen LogP contribution in [0.1, 0.15) is 16.7 Å². The average Bonchev–Trinajstić information content (AvgIpc) is 2.62. The lowest BCUT2D eigenvalue weighted by Crippen LogP contribution is -2.24. The van der Waals surface area contributed by atoms with Gasteiger partial charge in [0, 0.05) is 5.56 Å². The molecule has 0 saturated carbocycles. The maximum absolute atomic E-state index is 11.3. The number of hydrogen-bond donors (Lipinski definition) is 2. The van der Waals surface area contributed by atoms with Crippen LogP contribution in [0, 0.1) is 0 Å². The van der Waals surface area contributed by atoms with E-state index in [9.17, 15) is 10.2 Å². The largest absolute Gasteiger partial charge is 0.508 e. The molecule has 0 heterocycles. The molecule has 3 aromatic rings. The summed E-state index contributed by atoms with van der Waals surface area (Å²) < 4.78 is 0. The van der Waals surface area contributed by atoms with E-state index in [1.54, 1.807) is 30.3 Å². The van der Waals surface area contributed by atoms with Crippen molar-refractivity contribution >= 4 is 6.08 Å². The van der Waals surface area contributed by atoms with Crippen LogP contribution in [0.2, 0.25) is 0 Å². The molecule has 23 heavy (non-hydrogen) atoms. The smallest absolute Gasteiger partial charge is 0.137 e. The summed E-state index contributed by atoms with van der Waals surface area (Å²) in [4.78, 5) is 0. The SMILES string of the molecule is Oc1ccccc1C(O)(/C=C/c1ccccc1)c1ccccc1. The molecule has 2 heteroatoms. The topological polar surface area (TPSA) is 40.5 Å². The monoisotopic (exact) mass is 302 g/mol. The zero-order chi connectivity index (χ0) is 16.1. The maximum Gasteiger partial charge on any atom is 0.137 e. The second-order valence-electron chi connectivity index (χ2n) is 5.39. The zero-order valence-electron chi connectivity index (χ0n) is 12.6. The van der Waals surface area contributed by atoms with E-state index in [0.29, 0.717) is 11.1 Å². The van der Waals surface area contributed by atoms with Gasteiger partial charge in [0.25, 0.3) is 0 Å². The molecule has 114 valence electrons. The Morgan fingerprint density at radius 2 is 1.26 bits per heavy atom. The van der Waals surface area contributed by atoms with Crippen LogP contribution >= 0.6 is 0 Å². The summed E-state index contributed by atoms with van der Waals surface area (Å²) in [6.45, 7) is 0. The predicted molar refractivity (Wildman–Crippen MR) is 93.0 cm³/mol. The van der Waals surface area contributed by atoms with E-state index in [-0.39, 0.29) is 5.75 Å². The van der Waals surface area contributed by atoms with E-state index >= 15 is 0 Å². The predicted octanol–water partition coefficient (Wildman–Crippen LogP) is 4.34. The summed E-state index contributed by atoms with van der Waals surface area (Å²) in [5.41, 5.74) is 0.743. The number of aliphatic hydroxyl groups is 1. The van der Waals surface area contributed by atoms with Crippen LogP contribution in [0.25, 0.3) is 6.08 Å². The minimum Gasteiger partial charge on any atom is -0.508 e. The van der Waals surface area contributed by atoms with Crippen LogP contribution in [0.4, 0.5) is 0 Å². The Labute approximate surface area is 136 Å². The summed E-state index contributed by atoms with van der Waals surface area (Å²) in [5.74, 6) is 0.0663. The van der Waals surface area contributed by atoms with Gasteiger partial charge in [-0.15, -0.1) is 0 Å². The molecular weight excluding hydrogens is 284 g/mol. The van der Waals surface area contributed by atoms with Crippen molar-refractivity contribution in [1.29, 1.82) is 0 Å². The third-order valence-electron chi connectivity index (χ3n) is 3.85. The molecule has 3 rings (SSSR count). The fourth-order valence-electron chi connectivity index (χ4n) is 2.61. The highest BCUT2D eigenvalue weighted by molar-refractivity contribution is 5.56. The molecule has 0 aliphatic carbocycles. The molecule has 0 spiro atoms. The van der Waals surface area contributed by atoms with Gasteiger partial charge in [-0.05, 0) is 23.3 Å². The molecule has 0 aliphatic heterocycles. The average molecular weight is 302 g/mol. The van der Waals surface area contributed by atoms with Crippen LogP contribution in [-0.2, 0) is 5.60 Å². The normalized spacial score (nSPS) is 13.8. The van der Waals surface area contributed by atoms with E-state index in [2.05, 4.69) is 0 Å². The maximum atomic E-state index is 11.3. The molecule has 3 aromatic carbocycles. The van der Waals surface area contributed by atoms with Crippen molar-refractivity contribution < 1.29 is 10.2 Å². The van der Waals surface area contributed by atoms with Crippen LogP contribution in [0.5, 0.6) is 5.75 Å². The molecule has 0 radical (unpaired) electrons. The van der Waals surface area contributed by atoms with Gasteiger partial charge in [-0.3, -0.25) is 0 Å². The molecule has 0 fully saturated rings. The molecule has 0 aromatic heterocycles. The van der Waals surface area contributed by atoms with Crippen molar-refractivity contribution in [2.75, 3.05) is 0 Å². The number of para-hydroxylation sites is 1. The first-order chi connectivity index (χ1) is 11.2. The molecule has 1 atom stereocenters. The van der Waals surface area contributed by atoms with Gasteiger partial charge in [-0.25, -0.2) is 0 Å². The van der Waals surface area contributed by atoms with Gasteiger partial charge in [-0.1, -0.05) is 84.9 Å². The molecular formula is C21H18O2. The highest BCUT2D eigenvalue weighted by atomic mass is 16.3. The molecule has 2 N–H and O–H groups in total. The Kier molecular flexibility index (Phi) is 4.26. The van der Waals surface area contributed by atoms with Gasteiger partial charge < -0.3 is 10.2 Å². The molecule has 0 bridgehead atoms.